The van der Waals surface area contributed by atoms with Gasteiger partial charge in [0, 0.05) is 0 Å². The maximum Gasteiger partial charge on any atom is 0.425 e. The molecule has 6 heteroatoms. The molecule has 2 N–H and O–H groups in total. The molecule has 1 aromatic carbocycles. The Labute approximate surface area is 115 Å². The Balaban J connectivity index is 2.09. The normalized spacial score (nSPS) is 22.5. The van der Waals surface area contributed by atoms with E-state index in [1.54, 1.807) is 24.9 Å². The summed E-state index contributed by atoms with van der Waals surface area (Å²) in [6.07, 6.45) is 6.88. The van der Waals surface area contributed by atoms with Crippen LogP contribution in [-0.4, -0.2) is 25.9 Å². The number of amides is 2. The molecular weight excluding hydrogens is 254 g/mol. The van der Waals surface area contributed by atoms with E-state index in [-0.39, 0.29) is 4.48 Å². The van der Waals surface area contributed by atoms with E-state index in [0.29, 0.717) is 12.4 Å². The second-order valence-corrected chi connectivity index (χ2v) is 4.89. The van der Waals surface area contributed by atoms with Crippen molar-refractivity contribution in [2.24, 2.45) is 10.7 Å². The highest BCUT2D eigenvalue weighted by atomic mass is 16.2. The van der Waals surface area contributed by atoms with Crippen LogP contribution in [0.3, 0.4) is 0 Å². The van der Waals surface area contributed by atoms with Crippen molar-refractivity contribution in [1.29, 1.82) is 0 Å². The summed E-state index contributed by atoms with van der Waals surface area (Å²) in [5.41, 5.74) is 8.45. The molecule has 1 atom stereocenters. The molecule has 3 heterocycles. The van der Waals surface area contributed by atoms with Crippen LogP contribution in [0.25, 0.3) is 5.69 Å². The molecule has 0 fully saturated rings. The lowest BCUT2D eigenvalue weighted by molar-refractivity contribution is -0.711. The number of primary amides is 1. The largest absolute Gasteiger partial charge is 0.425 e. The maximum atomic E-state index is 12.1. The molecule has 2 amide bonds. The summed E-state index contributed by atoms with van der Waals surface area (Å²) in [4.78, 5) is 20.7. The van der Waals surface area contributed by atoms with Crippen molar-refractivity contribution < 1.29 is 9.28 Å². The SMILES string of the molecule is NC(=O)[N+]12C=CN=C1c1ccccc1-n1cncc1C2. The number of aromatic nitrogens is 2. The second kappa shape index (κ2) is 3.64. The lowest BCUT2D eigenvalue weighted by Crippen LogP contribution is -2.53. The number of hydrogen-bond donors (Lipinski definition) is 1. The predicted molar refractivity (Wildman–Crippen MR) is 72.8 cm³/mol. The third-order valence-electron chi connectivity index (χ3n) is 3.82. The molecule has 4 rings (SSSR count). The lowest BCUT2D eigenvalue weighted by atomic mass is 10.1. The van der Waals surface area contributed by atoms with Gasteiger partial charge in [0.2, 0.25) is 0 Å². The van der Waals surface area contributed by atoms with Crippen LogP contribution >= 0.6 is 0 Å². The Bertz CT molecular complexity index is 788. The van der Waals surface area contributed by atoms with Gasteiger partial charge in [0.25, 0.3) is 5.84 Å². The van der Waals surface area contributed by atoms with Gasteiger partial charge < -0.3 is 5.73 Å². The summed E-state index contributed by atoms with van der Waals surface area (Å²) in [6, 6.07) is 7.38. The molecule has 2 aliphatic rings. The van der Waals surface area contributed by atoms with E-state index in [2.05, 4.69) is 9.98 Å². The van der Waals surface area contributed by atoms with Gasteiger partial charge in [-0.05, 0) is 12.1 Å². The highest BCUT2D eigenvalue weighted by molar-refractivity contribution is 6.03. The van der Waals surface area contributed by atoms with Crippen LogP contribution < -0.4 is 5.73 Å². The minimum atomic E-state index is -0.443. The topological polar surface area (TPSA) is 73.3 Å². The summed E-state index contributed by atoms with van der Waals surface area (Å²) in [7, 11) is 0. The molecule has 0 bridgehead atoms. The minimum Gasteiger partial charge on any atom is -0.318 e. The van der Waals surface area contributed by atoms with Crippen molar-refractivity contribution in [2.75, 3.05) is 0 Å². The van der Waals surface area contributed by atoms with Gasteiger partial charge in [0.05, 0.1) is 35.7 Å². The fraction of sp³-hybridized carbons (Fsp3) is 0.0714. The average molecular weight is 266 g/mol. The van der Waals surface area contributed by atoms with Gasteiger partial charge in [0.1, 0.15) is 12.7 Å². The zero-order valence-electron chi connectivity index (χ0n) is 10.6. The van der Waals surface area contributed by atoms with Gasteiger partial charge in [0.15, 0.2) is 0 Å². The average Bonchev–Trinajstić information content (AvgIpc) is 3.05. The Morgan fingerprint density at radius 3 is 3.05 bits per heavy atom. The van der Waals surface area contributed by atoms with Crippen LogP contribution in [0.4, 0.5) is 4.79 Å². The highest BCUT2D eigenvalue weighted by Crippen LogP contribution is 2.32. The third-order valence-corrected chi connectivity index (χ3v) is 3.82. The first kappa shape index (κ1) is 11.1. The monoisotopic (exact) mass is 266 g/mol. The molecule has 98 valence electrons. The third kappa shape index (κ3) is 1.23. The molecule has 0 saturated heterocycles. The molecule has 1 unspecified atom stereocenters. The molecular formula is C14H12N5O+. The van der Waals surface area contributed by atoms with E-state index < -0.39 is 6.03 Å². The molecule has 0 spiro atoms. The number of aliphatic imine (C=N–C) groups is 1. The smallest absolute Gasteiger partial charge is 0.318 e. The number of imidazole rings is 1. The van der Waals surface area contributed by atoms with Crippen molar-refractivity contribution in [3.05, 3.63) is 60.4 Å². The Morgan fingerprint density at radius 1 is 1.35 bits per heavy atom. The minimum absolute atomic E-state index is 0.0945. The first-order chi connectivity index (χ1) is 9.72. The van der Waals surface area contributed by atoms with Crippen LogP contribution in [0, 0.1) is 0 Å². The fourth-order valence-corrected chi connectivity index (χ4v) is 2.84. The summed E-state index contributed by atoms with van der Waals surface area (Å²) < 4.78 is 1.88. The highest BCUT2D eigenvalue weighted by Gasteiger charge is 2.46. The Morgan fingerprint density at radius 2 is 2.20 bits per heavy atom. The number of quaternary nitrogens is 1. The number of rotatable bonds is 0. The Hall–Kier alpha value is -2.73. The number of carbonyl (C=O) groups excluding carboxylic acids is 1. The molecule has 2 aromatic rings. The molecule has 0 saturated carbocycles. The quantitative estimate of drug-likeness (QED) is 0.734. The summed E-state index contributed by atoms with van der Waals surface area (Å²) in [6.45, 7) is 0.416. The summed E-state index contributed by atoms with van der Waals surface area (Å²) in [5, 5.41) is 0. The van der Waals surface area contributed by atoms with E-state index in [0.717, 1.165) is 16.9 Å². The summed E-state index contributed by atoms with van der Waals surface area (Å²) in [5.74, 6) is 0.664. The van der Waals surface area contributed by atoms with Gasteiger partial charge in [-0.1, -0.05) is 12.1 Å². The number of hydrogen-bond acceptors (Lipinski definition) is 3. The van der Waals surface area contributed by atoms with E-state index in [9.17, 15) is 4.79 Å². The van der Waals surface area contributed by atoms with E-state index in [4.69, 9.17) is 5.73 Å². The molecule has 0 radical (unpaired) electrons. The first-order valence-electron chi connectivity index (χ1n) is 6.27. The van der Waals surface area contributed by atoms with Crippen molar-refractivity contribution in [3.8, 4) is 5.69 Å². The first-order valence-corrected chi connectivity index (χ1v) is 6.27. The number of benzene rings is 1. The molecule has 20 heavy (non-hydrogen) atoms. The van der Waals surface area contributed by atoms with E-state index in [1.165, 1.54) is 0 Å². The zero-order valence-corrected chi connectivity index (χ0v) is 10.6. The van der Waals surface area contributed by atoms with Gasteiger partial charge in [-0.3, -0.25) is 4.57 Å². The van der Waals surface area contributed by atoms with Crippen molar-refractivity contribution >= 4 is 11.9 Å². The number of nitrogens with zero attached hydrogens (tertiary/aromatic N) is 4. The zero-order chi connectivity index (χ0) is 13.7. The number of carbonyl (C=O) groups is 1. The second-order valence-electron chi connectivity index (χ2n) is 4.89. The van der Waals surface area contributed by atoms with Crippen molar-refractivity contribution in [3.63, 3.8) is 0 Å². The van der Waals surface area contributed by atoms with Gasteiger partial charge in [-0.25, -0.2) is 9.78 Å². The lowest BCUT2D eigenvalue weighted by Gasteiger charge is -2.25. The van der Waals surface area contributed by atoms with Crippen molar-refractivity contribution in [1.82, 2.24) is 9.55 Å². The standard InChI is InChI=1S/C14H11N5O/c15-14(20)19-6-5-17-13(19)11-3-1-2-4-12(11)18-9-16-7-10(18)8-19/h1-7,9H,8H2,(H-,15,20)/p+1. The molecule has 0 aliphatic carbocycles. The number of fused-ring (bicyclic) bond motifs is 5. The number of para-hydroxylation sites is 1. The van der Waals surface area contributed by atoms with Gasteiger partial charge >= 0.3 is 6.03 Å². The fourth-order valence-electron chi connectivity index (χ4n) is 2.84. The van der Waals surface area contributed by atoms with E-state index in [1.807, 2.05) is 28.8 Å². The van der Waals surface area contributed by atoms with Crippen LogP contribution in [0.15, 0.2) is 54.2 Å². The van der Waals surface area contributed by atoms with Gasteiger partial charge in [-0.15, -0.1) is 0 Å². The molecule has 1 aromatic heterocycles. The Kier molecular flexibility index (Phi) is 2.03. The van der Waals surface area contributed by atoms with E-state index >= 15 is 0 Å². The number of nitrogens with two attached hydrogens (primary N) is 1. The molecule has 2 aliphatic heterocycles. The molecule has 6 nitrogen and oxygen atoms in total. The van der Waals surface area contributed by atoms with Crippen LogP contribution in [0.1, 0.15) is 11.3 Å². The van der Waals surface area contributed by atoms with Crippen molar-refractivity contribution in [2.45, 2.75) is 6.54 Å². The van der Waals surface area contributed by atoms with Crippen LogP contribution in [0.5, 0.6) is 0 Å². The van der Waals surface area contributed by atoms with Gasteiger partial charge in [-0.2, -0.15) is 9.48 Å². The number of urea groups is 1. The summed E-state index contributed by atoms with van der Waals surface area (Å²) >= 11 is 0. The maximum absolute atomic E-state index is 12.1. The number of amidine groups is 1. The predicted octanol–water partition coefficient (Wildman–Crippen LogP) is 1.51. The van der Waals surface area contributed by atoms with Crippen LogP contribution in [-0.2, 0) is 6.54 Å². The van der Waals surface area contributed by atoms with Crippen LogP contribution in [0.2, 0.25) is 0 Å².